The number of fused-ring (bicyclic) bond motifs is 3. The first-order valence-electron chi connectivity index (χ1n) is 8.15. The van der Waals surface area contributed by atoms with Crippen molar-refractivity contribution in [1.29, 1.82) is 5.26 Å². The van der Waals surface area contributed by atoms with Crippen molar-refractivity contribution in [3.8, 4) is 17.2 Å². The second-order valence-electron chi connectivity index (χ2n) is 6.22. The molecule has 2 aromatic carbocycles. The molecule has 2 heterocycles. The number of H-pyrrole nitrogens is 1. The van der Waals surface area contributed by atoms with Crippen molar-refractivity contribution in [3.63, 3.8) is 0 Å². The summed E-state index contributed by atoms with van der Waals surface area (Å²) in [6.07, 6.45) is 0. The lowest BCUT2D eigenvalue weighted by atomic mass is 9.98. The highest BCUT2D eigenvalue weighted by Crippen LogP contribution is 2.36. The number of hydrogen-bond donors (Lipinski definition) is 1. The van der Waals surface area contributed by atoms with Gasteiger partial charge in [-0.3, -0.25) is 0 Å². The van der Waals surface area contributed by atoms with E-state index in [1.54, 1.807) is 19.1 Å². The molecule has 0 bridgehead atoms. The van der Waals surface area contributed by atoms with Gasteiger partial charge >= 0.3 is 5.97 Å². The fourth-order valence-electron chi connectivity index (χ4n) is 3.47. The molecule has 0 spiro atoms. The number of ether oxygens (including phenoxy) is 1. The molecule has 0 aliphatic heterocycles. The largest absolute Gasteiger partial charge is 0.465 e. The first kappa shape index (κ1) is 16.8. The summed E-state index contributed by atoms with van der Waals surface area (Å²) in [6, 6.07) is 8.69. The Labute approximate surface area is 153 Å². The zero-order chi connectivity index (χ0) is 19.3. The SMILES string of the molecule is COC(=O)c1ccc2c([nH]c3cc(-c4c(C)noc4C)cc(C#N)c32)c1F. The number of aromatic amines is 1. The molecule has 0 radical (unpaired) electrons. The Bertz CT molecular complexity index is 1260. The van der Waals surface area contributed by atoms with Gasteiger partial charge in [-0.2, -0.15) is 5.26 Å². The molecule has 4 rings (SSSR count). The number of hydrogen-bond acceptors (Lipinski definition) is 5. The standard InChI is InChI=1S/C20H14FN3O3/c1-9-16(10(2)27-24-9)11-6-12(8-22)17-13-4-5-14(20(25)26-3)18(21)19(13)23-15(17)7-11/h4-7,23H,1-3H3. The second-order valence-corrected chi connectivity index (χ2v) is 6.22. The van der Waals surface area contributed by atoms with Gasteiger partial charge in [0.25, 0.3) is 0 Å². The van der Waals surface area contributed by atoms with Crippen LogP contribution in [0.1, 0.15) is 27.4 Å². The lowest BCUT2D eigenvalue weighted by molar-refractivity contribution is 0.0596. The number of methoxy groups -OCH3 is 1. The minimum absolute atomic E-state index is 0.153. The normalized spacial score (nSPS) is 11.1. The Balaban J connectivity index is 2.07. The molecule has 27 heavy (non-hydrogen) atoms. The monoisotopic (exact) mass is 363 g/mol. The highest BCUT2D eigenvalue weighted by molar-refractivity contribution is 6.12. The van der Waals surface area contributed by atoms with Crippen LogP contribution in [0.15, 0.2) is 28.8 Å². The van der Waals surface area contributed by atoms with Crippen LogP contribution in [0.3, 0.4) is 0 Å². The molecule has 0 aliphatic carbocycles. The van der Waals surface area contributed by atoms with Crippen molar-refractivity contribution in [3.05, 3.63) is 52.7 Å². The predicted octanol–water partition coefficient (Wildman–Crippen LogP) is 4.39. The van der Waals surface area contributed by atoms with Gasteiger partial charge in [0.2, 0.25) is 0 Å². The van der Waals surface area contributed by atoms with Gasteiger partial charge in [-0.15, -0.1) is 0 Å². The molecule has 134 valence electrons. The summed E-state index contributed by atoms with van der Waals surface area (Å²) in [4.78, 5) is 14.8. The van der Waals surface area contributed by atoms with Crippen molar-refractivity contribution in [2.24, 2.45) is 0 Å². The zero-order valence-corrected chi connectivity index (χ0v) is 14.8. The average molecular weight is 363 g/mol. The van der Waals surface area contributed by atoms with Crippen LogP contribution in [0.4, 0.5) is 4.39 Å². The van der Waals surface area contributed by atoms with Crippen molar-refractivity contribution in [2.45, 2.75) is 13.8 Å². The number of aromatic nitrogens is 2. The number of carbonyl (C=O) groups is 1. The van der Waals surface area contributed by atoms with Crippen LogP contribution in [-0.2, 0) is 4.74 Å². The summed E-state index contributed by atoms with van der Waals surface area (Å²) in [5, 5.41) is 14.7. The van der Waals surface area contributed by atoms with Crippen LogP contribution < -0.4 is 0 Å². The number of carbonyl (C=O) groups excluding carboxylic acids is 1. The van der Waals surface area contributed by atoms with Gasteiger partial charge in [-0.25, -0.2) is 9.18 Å². The fraction of sp³-hybridized carbons (Fsp3) is 0.150. The van der Waals surface area contributed by atoms with E-state index in [4.69, 9.17) is 4.52 Å². The third-order valence-corrected chi connectivity index (χ3v) is 4.66. The van der Waals surface area contributed by atoms with Crippen LogP contribution in [-0.4, -0.2) is 23.2 Å². The maximum Gasteiger partial charge on any atom is 0.340 e. The van der Waals surface area contributed by atoms with Crippen molar-refractivity contribution in [1.82, 2.24) is 10.1 Å². The molecular weight excluding hydrogens is 349 g/mol. The van der Waals surface area contributed by atoms with Crippen molar-refractivity contribution in [2.75, 3.05) is 7.11 Å². The highest BCUT2D eigenvalue weighted by Gasteiger charge is 2.21. The molecule has 0 saturated heterocycles. The van der Waals surface area contributed by atoms with Crippen LogP contribution in [0, 0.1) is 31.0 Å². The molecule has 0 aliphatic rings. The lowest BCUT2D eigenvalue weighted by Gasteiger charge is -2.03. The Morgan fingerprint density at radius 1 is 1.33 bits per heavy atom. The van der Waals surface area contributed by atoms with E-state index >= 15 is 0 Å². The van der Waals surface area contributed by atoms with Crippen LogP contribution in [0.25, 0.3) is 32.9 Å². The average Bonchev–Trinajstić information content (AvgIpc) is 3.20. The Morgan fingerprint density at radius 2 is 2.11 bits per heavy atom. The number of benzene rings is 2. The summed E-state index contributed by atoms with van der Waals surface area (Å²) < 4.78 is 24.7. The van der Waals surface area contributed by atoms with Crippen molar-refractivity contribution >= 4 is 27.8 Å². The van der Waals surface area contributed by atoms with Gasteiger partial charge in [-0.1, -0.05) is 11.2 Å². The third-order valence-electron chi connectivity index (χ3n) is 4.66. The molecule has 0 fully saturated rings. The minimum Gasteiger partial charge on any atom is -0.465 e. The lowest BCUT2D eigenvalue weighted by Crippen LogP contribution is -2.04. The first-order chi connectivity index (χ1) is 13.0. The van der Waals surface area contributed by atoms with E-state index in [0.29, 0.717) is 33.3 Å². The van der Waals surface area contributed by atoms with E-state index in [1.807, 2.05) is 13.0 Å². The molecular formula is C20H14FN3O3. The molecule has 0 atom stereocenters. The molecule has 1 N–H and O–H groups in total. The number of nitrogens with zero attached hydrogens (tertiary/aromatic N) is 2. The Hall–Kier alpha value is -3.66. The number of nitriles is 1. The van der Waals surface area contributed by atoms with Crippen LogP contribution in [0.5, 0.6) is 0 Å². The zero-order valence-electron chi connectivity index (χ0n) is 14.8. The van der Waals surface area contributed by atoms with Gasteiger partial charge in [0.15, 0.2) is 5.82 Å². The van der Waals surface area contributed by atoms with Crippen molar-refractivity contribution < 1.29 is 18.4 Å². The molecule has 2 aromatic heterocycles. The Morgan fingerprint density at radius 3 is 2.74 bits per heavy atom. The van der Waals surface area contributed by atoms with E-state index < -0.39 is 11.8 Å². The van der Waals surface area contributed by atoms with E-state index in [0.717, 1.165) is 11.1 Å². The van der Waals surface area contributed by atoms with Crippen LogP contribution in [0.2, 0.25) is 0 Å². The predicted molar refractivity (Wildman–Crippen MR) is 96.8 cm³/mol. The van der Waals surface area contributed by atoms with Gasteiger partial charge in [-0.05, 0) is 37.6 Å². The van der Waals surface area contributed by atoms with Gasteiger partial charge < -0.3 is 14.2 Å². The van der Waals surface area contributed by atoms with Gasteiger partial charge in [0.1, 0.15) is 5.76 Å². The van der Waals surface area contributed by atoms with Gasteiger partial charge in [0, 0.05) is 21.9 Å². The summed E-state index contributed by atoms with van der Waals surface area (Å²) in [5.41, 5.74) is 3.20. The number of rotatable bonds is 2. The molecule has 0 unspecified atom stereocenters. The second kappa shape index (κ2) is 5.95. The fourth-order valence-corrected chi connectivity index (χ4v) is 3.47. The maximum absolute atomic E-state index is 14.8. The summed E-state index contributed by atoms with van der Waals surface area (Å²) in [5.74, 6) is -0.839. The number of esters is 1. The molecule has 4 aromatic rings. The maximum atomic E-state index is 14.8. The Kier molecular flexibility index (Phi) is 3.70. The molecule has 7 heteroatoms. The number of aryl methyl sites for hydroxylation is 2. The third kappa shape index (κ3) is 2.38. The van der Waals surface area contributed by atoms with E-state index in [2.05, 4.69) is 20.9 Å². The molecule has 0 saturated carbocycles. The summed E-state index contributed by atoms with van der Waals surface area (Å²) >= 11 is 0. The highest BCUT2D eigenvalue weighted by atomic mass is 19.1. The summed E-state index contributed by atoms with van der Waals surface area (Å²) in [6.45, 7) is 3.61. The number of halogens is 1. The number of nitrogens with one attached hydrogen (secondary N) is 1. The van der Waals surface area contributed by atoms with Gasteiger partial charge in [0.05, 0.1) is 35.5 Å². The smallest absolute Gasteiger partial charge is 0.340 e. The van der Waals surface area contributed by atoms with E-state index in [1.165, 1.54) is 13.2 Å². The minimum atomic E-state index is -0.759. The van der Waals surface area contributed by atoms with E-state index in [-0.39, 0.29) is 11.1 Å². The first-order valence-corrected chi connectivity index (χ1v) is 8.15. The van der Waals surface area contributed by atoms with Crippen LogP contribution >= 0.6 is 0 Å². The van der Waals surface area contributed by atoms with E-state index in [9.17, 15) is 14.4 Å². The summed E-state index contributed by atoms with van der Waals surface area (Å²) in [7, 11) is 1.20. The molecule has 0 amide bonds. The molecule has 6 nitrogen and oxygen atoms in total. The topological polar surface area (TPSA) is 91.9 Å². The quantitative estimate of drug-likeness (QED) is 0.533.